The Morgan fingerprint density at radius 1 is 0.979 bits per heavy atom. The van der Waals surface area contributed by atoms with Crippen molar-refractivity contribution >= 4 is 40.0 Å². The molecule has 1 aromatic heterocycles. The number of halogens is 5. The van der Waals surface area contributed by atoms with Gasteiger partial charge < -0.3 is 25.7 Å². The largest absolute Gasteiger partial charge is 0.573 e. The zero-order valence-corrected chi connectivity index (χ0v) is 27.6. The molecule has 47 heavy (non-hydrogen) atoms. The Morgan fingerprint density at radius 2 is 1.64 bits per heavy atom. The van der Waals surface area contributed by atoms with E-state index in [1.165, 1.54) is 12.1 Å². The fourth-order valence-corrected chi connectivity index (χ4v) is 6.39. The molecule has 1 amide bonds. The predicted molar refractivity (Wildman–Crippen MR) is 181 cm³/mol. The van der Waals surface area contributed by atoms with Gasteiger partial charge in [0.2, 0.25) is 5.91 Å². The standard InChI is InChI=1S/C34H39Cl2F3N6O2/c1-41-19-31(40)33(46)42-12-3-13-45-22-27(24-7-9-25(10-8-24)47-34(37,38)39)26-18-23(6-11-32(26)45)20-43-14-16-44(17-15-43)21-28-29(35)4-2-5-30(28)36/h2,4-11,18,22,31,41H,3,12-17,19-21,40H2,1H3,(H,42,46). The number of fused-ring (bicyclic) bond motifs is 1. The van der Waals surface area contributed by atoms with E-state index < -0.39 is 12.4 Å². The molecule has 4 aromatic rings. The Hall–Kier alpha value is -3.32. The number of ether oxygens (including phenoxy) is 1. The minimum Gasteiger partial charge on any atom is -0.406 e. The summed E-state index contributed by atoms with van der Waals surface area (Å²) in [5.74, 6) is -0.481. The molecule has 0 aliphatic carbocycles. The molecular formula is C34H39Cl2F3N6O2. The Labute approximate surface area is 282 Å². The number of carbonyl (C=O) groups excluding carboxylic acids is 1. The van der Waals surface area contributed by atoms with Crippen LogP contribution in [0.1, 0.15) is 17.5 Å². The molecule has 2 heterocycles. The van der Waals surface area contributed by atoms with Crippen LogP contribution < -0.4 is 21.1 Å². The lowest BCUT2D eigenvalue weighted by atomic mass is 10.0. The monoisotopic (exact) mass is 690 g/mol. The second-order valence-electron chi connectivity index (χ2n) is 11.7. The maximum absolute atomic E-state index is 12.8. The third kappa shape index (κ3) is 9.40. The molecule has 5 rings (SSSR count). The zero-order valence-electron chi connectivity index (χ0n) is 26.1. The fourth-order valence-electron chi connectivity index (χ4n) is 5.87. The van der Waals surface area contributed by atoms with Gasteiger partial charge in [-0.05, 0) is 61.0 Å². The van der Waals surface area contributed by atoms with Crippen molar-refractivity contribution in [3.05, 3.63) is 88.0 Å². The summed E-state index contributed by atoms with van der Waals surface area (Å²) in [5, 5.41) is 8.13. The second kappa shape index (κ2) is 15.7. The molecule has 1 atom stereocenters. The van der Waals surface area contributed by atoms with Crippen LogP contribution in [0.4, 0.5) is 13.2 Å². The summed E-state index contributed by atoms with van der Waals surface area (Å²) in [4.78, 5) is 17.0. The van der Waals surface area contributed by atoms with E-state index in [0.717, 1.165) is 65.9 Å². The van der Waals surface area contributed by atoms with Gasteiger partial charge in [-0.15, -0.1) is 13.2 Å². The summed E-state index contributed by atoms with van der Waals surface area (Å²) in [7, 11) is 1.74. The summed E-state index contributed by atoms with van der Waals surface area (Å²) < 4.78 is 44.5. The molecule has 1 aliphatic rings. The topological polar surface area (TPSA) is 87.8 Å². The summed E-state index contributed by atoms with van der Waals surface area (Å²) in [6, 6.07) is 17.3. The molecule has 3 aromatic carbocycles. The molecular weight excluding hydrogens is 652 g/mol. The smallest absolute Gasteiger partial charge is 0.406 e. The van der Waals surface area contributed by atoms with Crippen LogP contribution in [0.15, 0.2) is 66.9 Å². The Kier molecular flexibility index (Phi) is 11.7. The van der Waals surface area contributed by atoms with Crippen LogP contribution >= 0.6 is 23.2 Å². The molecule has 8 nitrogen and oxygen atoms in total. The highest BCUT2D eigenvalue weighted by molar-refractivity contribution is 6.35. The minimum absolute atomic E-state index is 0.211. The summed E-state index contributed by atoms with van der Waals surface area (Å²) >= 11 is 12.8. The van der Waals surface area contributed by atoms with Crippen LogP contribution in [-0.4, -0.2) is 79.0 Å². The van der Waals surface area contributed by atoms with Gasteiger partial charge in [0.15, 0.2) is 0 Å². The third-order valence-corrected chi connectivity index (χ3v) is 9.00. The van der Waals surface area contributed by atoms with E-state index in [0.29, 0.717) is 42.6 Å². The number of nitrogens with two attached hydrogens (primary N) is 1. The van der Waals surface area contributed by atoms with Gasteiger partial charge in [-0.2, -0.15) is 0 Å². The first-order chi connectivity index (χ1) is 22.5. The van der Waals surface area contributed by atoms with Gasteiger partial charge in [0.05, 0.1) is 6.04 Å². The molecule has 0 bridgehead atoms. The lowest BCUT2D eigenvalue weighted by molar-refractivity contribution is -0.274. The van der Waals surface area contributed by atoms with Gasteiger partial charge in [0.25, 0.3) is 0 Å². The number of nitrogens with one attached hydrogen (secondary N) is 2. The molecule has 1 unspecified atom stereocenters. The lowest BCUT2D eigenvalue weighted by Gasteiger charge is -2.35. The molecule has 0 saturated carbocycles. The second-order valence-corrected chi connectivity index (χ2v) is 12.5. The zero-order chi connectivity index (χ0) is 33.6. The lowest BCUT2D eigenvalue weighted by Crippen LogP contribution is -2.46. The van der Waals surface area contributed by atoms with Gasteiger partial charge >= 0.3 is 6.36 Å². The number of amides is 1. The Morgan fingerprint density at radius 3 is 2.28 bits per heavy atom. The fraction of sp³-hybridized carbons (Fsp3) is 0.382. The molecule has 0 radical (unpaired) electrons. The Balaban J connectivity index is 1.30. The highest BCUT2D eigenvalue weighted by Gasteiger charge is 2.31. The molecule has 1 fully saturated rings. The van der Waals surface area contributed by atoms with Crippen molar-refractivity contribution in [2.24, 2.45) is 5.73 Å². The Bertz CT molecular complexity index is 1640. The number of likely N-dealkylation sites (N-methyl/N-ethyl adjacent to an activating group) is 1. The number of benzene rings is 3. The van der Waals surface area contributed by atoms with Crippen LogP contribution in [0.5, 0.6) is 5.75 Å². The third-order valence-electron chi connectivity index (χ3n) is 8.29. The van der Waals surface area contributed by atoms with E-state index in [2.05, 4.69) is 47.9 Å². The van der Waals surface area contributed by atoms with Crippen LogP contribution in [0.25, 0.3) is 22.0 Å². The number of aromatic nitrogens is 1. The molecule has 0 spiro atoms. The number of piperazine rings is 1. The number of alkyl halides is 3. The normalized spacial score (nSPS) is 15.2. The quantitative estimate of drug-likeness (QED) is 0.152. The van der Waals surface area contributed by atoms with E-state index in [9.17, 15) is 18.0 Å². The van der Waals surface area contributed by atoms with Crippen molar-refractivity contribution in [1.82, 2.24) is 25.0 Å². The molecule has 13 heteroatoms. The van der Waals surface area contributed by atoms with Crippen molar-refractivity contribution in [1.29, 1.82) is 0 Å². The number of rotatable bonds is 13. The highest BCUT2D eigenvalue weighted by Crippen LogP contribution is 2.34. The molecule has 252 valence electrons. The van der Waals surface area contributed by atoms with Crippen molar-refractivity contribution in [2.45, 2.75) is 38.5 Å². The average molecular weight is 692 g/mol. The molecule has 4 N–H and O–H groups in total. The molecule has 1 aliphatic heterocycles. The summed E-state index contributed by atoms with van der Waals surface area (Å²) in [6.45, 7) is 6.48. The maximum atomic E-state index is 12.8. The van der Waals surface area contributed by atoms with E-state index in [4.69, 9.17) is 28.9 Å². The van der Waals surface area contributed by atoms with Crippen LogP contribution in [0.2, 0.25) is 10.0 Å². The van der Waals surface area contributed by atoms with Gasteiger partial charge in [-0.1, -0.05) is 47.5 Å². The van der Waals surface area contributed by atoms with E-state index >= 15 is 0 Å². The first kappa shape index (κ1) is 35.0. The first-order valence-electron chi connectivity index (χ1n) is 15.5. The number of aryl methyl sites for hydroxylation is 1. The first-order valence-corrected chi connectivity index (χ1v) is 16.3. The minimum atomic E-state index is -4.76. The SMILES string of the molecule is CNCC(N)C(=O)NCCCn1cc(-c2ccc(OC(F)(F)F)cc2)c2cc(CN3CCN(Cc4c(Cl)cccc4Cl)CC3)ccc21. The number of nitrogens with zero attached hydrogens (tertiary/aromatic N) is 3. The van der Waals surface area contributed by atoms with E-state index in [-0.39, 0.29) is 11.7 Å². The number of hydrogen-bond donors (Lipinski definition) is 3. The van der Waals surface area contributed by atoms with E-state index in [1.54, 1.807) is 19.2 Å². The predicted octanol–water partition coefficient (Wildman–Crippen LogP) is 5.88. The van der Waals surface area contributed by atoms with Crippen LogP contribution in [-0.2, 0) is 24.4 Å². The molecule has 1 saturated heterocycles. The van der Waals surface area contributed by atoms with Crippen molar-refractivity contribution in [2.75, 3.05) is 46.3 Å². The van der Waals surface area contributed by atoms with Gasteiger partial charge in [-0.3, -0.25) is 14.6 Å². The number of carbonyl (C=O) groups is 1. The van der Waals surface area contributed by atoms with Gasteiger partial charge in [0, 0.05) is 97.2 Å². The van der Waals surface area contributed by atoms with Crippen molar-refractivity contribution in [3.63, 3.8) is 0 Å². The highest BCUT2D eigenvalue weighted by atomic mass is 35.5. The summed E-state index contributed by atoms with van der Waals surface area (Å²) in [5.41, 5.74) is 10.6. The van der Waals surface area contributed by atoms with Gasteiger partial charge in [0.1, 0.15) is 5.75 Å². The van der Waals surface area contributed by atoms with Gasteiger partial charge in [-0.25, -0.2) is 0 Å². The van der Waals surface area contributed by atoms with E-state index in [1.807, 2.05) is 24.4 Å². The van der Waals surface area contributed by atoms with Crippen molar-refractivity contribution < 1.29 is 22.7 Å². The van der Waals surface area contributed by atoms with Crippen LogP contribution in [0, 0.1) is 0 Å². The number of hydrogen-bond acceptors (Lipinski definition) is 6. The maximum Gasteiger partial charge on any atom is 0.573 e. The van der Waals surface area contributed by atoms with Crippen molar-refractivity contribution in [3.8, 4) is 16.9 Å². The van der Waals surface area contributed by atoms with Crippen LogP contribution in [0.3, 0.4) is 0 Å². The average Bonchev–Trinajstić information content (AvgIpc) is 3.39. The summed E-state index contributed by atoms with van der Waals surface area (Å²) in [6.07, 6.45) is -2.07.